The molecule has 0 saturated heterocycles. The van der Waals surface area contributed by atoms with E-state index in [1.165, 1.54) is 18.2 Å². The lowest BCUT2D eigenvalue weighted by Crippen LogP contribution is -2.46. The number of carbonyl (C=O) groups is 2. The smallest absolute Gasteiger partial charge is 0.435 e. The average molecular weight is 447 g/mol. The Morgan fingerprint density at radius 3 is 2.28 bits per heavy atom. The Labute approximate surface area is 187 Å². The first-order valence-corrected chi connectivity index (χ1v) is 10.3. The predicted molar refractivity (Wildman–Crippen MR) is 117 cm³/mol. The van der Waals surface area contributed by atoms with Gasteiger partial charge < -0.3 is 14.2 Å². The van der Waals surface area contributed by atoms with Gasteiger partial charge in [0.15, 0.2) is 5.41 Å². The minimum Gasteiger partial charge on any atom is -0.476 e. The van der Waals surface area contributed by atoms with Crippen LogP contribution in [0, 0.1) is 15.5 Å². The number of non-ortho nitro benzene ring substituents is 1. The number of amides is 1. The maximum absolute atomic E-state index is 13.4. The molecule has 1 aliphatic heterocycles. The molecule has 0 bridgehead atoms. The van der Waals surface area contributed by atoms with Crippen molar-refractivity contribution in [1.29, 1.82) is 0 Å². The summed E-state index contributed by atoms with van der Waals surface area (Å²) in [5.74, 6) is -0.821. The number of rotatable bonds is 7. The Balaban J connectivity index is 2.63. The fourth-order valence-electron chi connectivity index (χ4n) is 3.15. The van der Waals surface area contributed by atoms with E-state index in [2.05, 4.69) is 11.7 Å². The number of ether oxygens (including phenoxy) is 3. The minimum atomic E-state index is -1.71. The van der Waals surface area contributed by atoms with Crippen molar-refractivity contribution in [3.63, 3.8) is 0 Å². The topological polar surface area (TPSA) is 121 Å². The van der Waals surface area contributed by atoms with Crippen LogP contribution in [-0.2, 0) is 25.4 Å². The van der Waals surface area contributed by atoms with Crippen LogP contribution < -0.4 is 0 Å². The third kappa shape index (κ3) is 5.24. The highest BCUT2D eigenvalue weighted by atomic mass is 16.6. The summed E-state index contributed by atoms with van der Waals surface area (Å²) in [6, 6.07) is 5.84. The average Bonchev–Trinajstić information content (AvgIpc) is 2.93. The molecule has 174 valence electrons. The molecule has 0 aromatic heterocycles. The summed E-state index contributed by atoms with van der Waals surface area (Å²) in [6.07, 6.45) is -2.24. The van der Waals surface area contributed by atoms with Gasteiger partial charge >= 0.3 is 12.1 Å². The van der Waals surface area contributed by atoms with E-state index in [1.54, 1.807) is 47.6 Å². The number of hydrazone groups is 1. The van der Waals surface area contributed by atoms with Gasteiger partial charge in [0.2, 0.25) is 5.90 Å². The summed E-state index contributed by atoms with van der Waals surface area (Å²) in [5, 5.41) is 16.3. The normalized spacial score (nSPS) is 18.2. The van der Waals surface area contributed by atoms with E-state index < -0.39 is 34.6 Å². The van der Waals surface area contributed by atoms with E-state index in [9.17, 15) is 19.7 Å². The molecule has 32 heavy (non-hydrogen) atoms. The summed E-state index contributed by atoms with van der Waals surface area (Å²) in [6.45, 7) is 14.2. The Bertz CT molecular complexity index is 939. The standard InChI is InChI=1S/C22H29N3O7/c1-13(2)30-19-22(20(26)31-14(3)4,12-17-9-8-10-18(11-17)25(28)29)16(7)24(23-19)21(27)32-15(5)6/h8-11,13-15H,7,12H2,1-6H3. The lowest BCUT2D eigenvalue weighted by atomic mass is 9.78. The summed E-state index contributed by atoms with van der Waals surface area (Å²) in [7, 11) is 0. The molecule has 10 nitrogen and oxygen atoms in total. The van der Waals surface area contributed by atoms with E-state index in [0.29, 0.717) is 5.56 Å². The summed E-state index contributed by atoms with van der Waals surface area (Å²) >= 11 is 0. The van der Waals surface area contributed by atoms with Crippen LogP contribution in [0.2, 0.25) is 0 Å². The van der Waals surface area contributed by atoms with Gasteiger partial charge in [0.05, 0.1) is 28.9 Å². The Hall–Kier alpha value is -3.43. The van der Waals surface area contributed by atoms with Crippen LogP contribution >= 0.6 is 0 Å². The van der Waals surface area contributed by atoms with Gasteiger partial charge in [-0.1, -0.05) is 18.7 Å². The van der Waals surface area contributed by atoms with Gasteiger partial charge in [0, 0.05) is 18.6 Å². The monoisotopic (exact) mass is 447 g/mol. The molecule has 1 atom stereocenters. The number of esters is 1. The number of benzene rings is 1. The summed E-state index contributed by atoms with van der Waals surface area (Å²) < 4.78 is 16.6. The second kappa shape index (κ2) is 9.80. The predicted octanol–water partition coefficient (Wildman–Crippen LogP) is 4.19. The van der Waals surface area contributed by atoms with E-state index in [-0.39, 0.29) is 29.8 Å². The lowest BCUT2D eigenvalue weighted by Gasteiger charge is -2.31. The molecule has 0 aliphatic carbocycles. The van der Waals surface area contributed by atoms with Gasteiger partial charge in [0.1, 0.15) is 0 Å². The molecule has 1 aromatic carbocycles. The number of carbonyl (C=O) groups excluding carboxylic acids is 2. The largest absolute Gasteiger partial charge is 0.476 e. The zero-order valence-electron chi connectivity index (χ0n) is 19.2. The first kappa shape index (κ1) is 24.8. The second-order valence-corrected chi connectivity index (χ2v) is 8.23. The molecule has 2 rings (SSSR count). The van der Waals surface area contributed by atoms with Gasteiger partial charge in [-0.2, -0.15) is 5.01 Å². The van der Waals surface area contributed by atoms with Crippen LogP contribution in [0.3, 0.4) is 0 Å². The number of hydrogen-bond donors (Lipinski definition) is 0. The molecule has 1 unspecified atom stereocenters. The molecule has 1 aliphatic rings. The zero-order valence-corrected chi connectivity index (χ0v) is 19.2. The van der Waals surface area contributed by atoms with Crippen LogP contribution in [0.1, 0.15) is 47.1 Å². The SMILES string of the molecule is C=C1N(C(=O)OC(C)C)N=C(OC(C)C)C1(Cc1cccc([N+](=O)[O-])c1)C(=O)OC(C)C. The number of nitro groups is 1. The Kier molecular flexibility index (Phi) is 7.60. The highest BCUT2D eigenvalue weighted by Crippen LogP contribution is 2.43. The van der Waals surface area contributed by atoms with Gasteiger partial charge in [-0.15, -0.1) is 5.10 Å². The van der Waals surface area contributed by atoms with Gasteiger partial charge in [-0.3, -0.25) is 14.9 Å². The molecule has 0 radical (unpaired) electrons. The molecule has 0 spiro atoms. The maximum Gasteiger partial charge on any atom is 0.435 e. The first-order valence-electron chi connectivity index (χ1n) is 10.3. The fourth-order valence-corrected chi connectivity index (χ4v) is 3.15. The molecular formula is C22H29N3O7. The van der Waals surface area contributed by atoms with E-state index >= 15 is 0 Å². The molecular weight excluding hydrogens is 418 g/mol. The van der Waals surface area contributed by atoms with E-state index in [0.717, 1.165) is 5.01 Å². The van der Waals surface area contributed by atoms with Crippen LogP contribution in [0.4, 0.5) is 10.5 Å². The van der Waals surface area contributed by atoms with Crippen LogP contribution in [0.5, 0.6) is 0 Å². The molecule has 1 aromatic rings. The van der Waals surface area contributed by atoms with Crippen molar-refractivity contribution in [2.24, 2.45) is 10.5 Å². The second-order valence-electron chi connectivity index (χ2n) is 8.23. The minimum absolute atomic E-state index is 0.0176. The van der Waals surface area contributed by atoms with Crippen molar-refractivity contribution in [2.45, 2.75) is 66.3 Å². The third-order valence-corrected chi connectivity index (χ3v) is 4.44. The molecule has 0 saturated carbocycles. The number of nitro benzene ring substituents is 1. The lowest BCUT2D eigenvalue weighted by molar-refractivity contribution is -0.384. The maximum atomic E-state index is 13.4. The Morgan fingerprint density at radius 1 is 1.12 bits per heavy atom. The van der Waals surface area contributed by atoms with Gasteiger partial charge in [-0.25, -0.2) is 4.79 Å². The van der Waals surface area contributed by atoms with Crippen molar-refractivity contribution in [3.05, 3.63) is 52.2 Å². The molecule has 10 heteroatoms. The van der Waals surface area contributed by atoms with Crippen molar-refractivity contribution >= 4 is 23.6 Å². The number of nitrogens with zero attached hydrogens (tertiary/aromatic N) is 3. The highest BCUT2D eigenvalue weighted by Gasteiger charge is 2.58. The zero-order chi connectivity index (χ0) is 24.2. The fraction of sp³-hybridized carbons (Fsp3) is 0.500. The molecule has 1 amide bonds. The van der Waals surface area contributed by atoms with Crippen LogP contribution in [0.15, 0.2) is 41.6 Å². The summed E-state index contributed by atoms with van der Waals surface area (Å²) in [5.41, 5.74) is -1.42. The molecule has 1 heterocycles. The highest BCUT2D eigenvalue weighted by molar-refractivity contribution is 6.09. The van der Waals surface area contributed by atoms with Crippen LogP contribution in [-0.4, -0.2) is 46.2 Å². The van der Waals surface area contributed by atoms with E-state index in [1.807, 2.05) is 0 Å². The van der Waals surface area contributed by atoms with Crippen LogP contribution in [0.25, 0.3) is 0 Å². The number of hydrogen-bond acceptors (Lipinski definition) is 8. The molecule has 0 fully saturated rings. The third-order valence-electron chi connectivity index (χ3n) is 4.44. The van der Waals surface area contributed by atoms with Crippen molar-refractivity contribution in [2.75, 3.05) is 0 Å². The summed E-state index contributed by atoms with van der Waals surface area (Å²) in [4.78, 5) is 36.8. The van der Waals surface area contributed by atoms with Crippen molar-refractivity contribution in [1.82, 2.24) is 5.01 Å². The first-order chi connectivity index (χ1) is 14.9. The van der Waals surface area contributed by atoms with E-state index in [4.69, 9.17) is 14.2 Å². The molecule has 0 N–H and O–H groups in total. The van der Waals surface area contributed by atoms with Gasteiger partial charge in [-0.05, 0) is 47.1 Å². The van der Waals surface area contributed by atoms with Gasteiger partial charge in [0.25, 0.3) is 5.69 Å². The quantitative estimate of drug-likeness (QED) is 0.349. The van der Waals surface area contributed by atoms with Crippen molar-refractivity contribution in [3.8, 4) is 0 Å². The van der Waals surface area contributed by atoms with Crippen molar-refractivity contribution < 1.29 is 28.7 Å². The Morgan fingerprint density at radius 2 is 1.75 bits per heavy atom.